The maximum absolute atomic E-state index is 6.36. The minimum Gasteiger partial charge on any atom is -0.371 e. The van der Waals surface area contributed by atoms with Crippen LogP contribution in [0.1, 0.15) is 25.8 Å². The van der Waals surface area contributed by atoms with Crippen LogP contribution in [-0.2, 0) is 6.42 Å². The molecule has 0 bridgehead atoms. The molecular weight excluding hydrogens is 276 g/mol. The predicted octanol–water partition coefficient (Wildman–Crippen LogP) is 3.81. The monoisotopic (exact) mass is 300 g/mol. The first-order chi connectivity index (χ1) is 8.99. The van der Waals surface area contributed by atoms with Gasteiger partial charge in [-0.25, -0.2) is 0 Å². The number of rotatable bonds is 7. The quantitative estimate of drug-likeness (QED) is 0.830. The van der Waals surface area contributed by atoms with Crippen molar-refractivity contribution in [1.29, 1.82) is 0 Å². The van der Waals surface area contributed by atoms with E-state index in [4.69, 9.17) is 17.3 Å². The fourth-order valence-corrected chi connectivity index (χ4v) is 3.27. The molecule has 2 unspecified atom stereocenters. The first-order valence-electron chi connectivity index (χ1n) is 6.75. The molecule has 0 saturated carbocycles. The topological polar surface area (TPSA) is 29.3 Å². The Labute approximate surface area is 126 Å². The summed E-state index contributed by atoms with van der Waals surface area (Å²) < 4.78 is 0. The lowest BCUT2D eigenvalue weighted by Gasteiger charge is -2.29. The van der Waals surface area contributed by atoms with Crippen LogP contribution in [0.25, 0.3) is 0 Å². The van der Waals surface area contributed by atoms with Gasteiger partial charge in [0.15, 0.2) is 0 Å². The molecular formula is C15H25ClN2S. The van der Waals surface area contributed by atoms with Gasteiger partial charge in [-0.2, -0.15) is 11.8 Å². The summed E-state index contributed by atoms with van der Waals surface area (Å²) in [5, 5.41) is 0.820. The highest BCUT2D eigenvalue weighted by Gasteiger charge is 2.14. The Kier molecular flexibility index (Phi) is 7.05. The number of halogens is 1. The van der Waals surface area contributed by atoms with Crippen molar-refractivity contribution in [2.45, 2.75) is 38.8 Å². The fourth-order valence-electron chi connectivity index (χ4n) is 2.17. The molecule has 0 fully saturated rings. The first kappa shape index (κ1) is 16.7. The zero-order valence-corrected chi connectivity index (χ0v) is 13.9. The Morgan fingerprint density at radius 3 is 2.58 bits per heavy atom. The van der Waals surface area contributed by atoms with Crippen molar-refractivity contribution < 1.29 is 0 Å². The standard InChI is InChI=1S/C15H25ClN2S/c1-5-13(10-19-4)18(3)14-7-6-12(8-11(2)17)15(16)9-14/h6-7,9,11,13H,5,8,10,17H2,1-4H3. The molecule has 0 saturated heterocycles. The summed E-state index contributed by atoms with van der Waals surface area (Å²) in [6.07, 6.45) is 4.11. The molecule has 2 atom stereocenters. The Morgan fingerprint density at radius 2 is 2.11 bits per heavy atom. The number of benzene rings is 1. The second-order valence-corrected chi connectivity index (χ2v) is 6.40. The van der Waals surface area contributed by atoms with Crippen LogP contribution in [-0.4, -0.2) is 31.1 Å². The highest BCUT2D eigenvalue weighted by atomic mass is 35.5. The van der Waals surface area contributed by atoms with Gasteiger partial charge in [0.1, 0.15) is 0 Å². The normalized spacial score (nSPS) is 14.2. The Hall–Kier alpha value is -0.380. The van der Waals surface area contributed by atoms with Gasteiger partial charge in [0.25, 0.3) is 0 Å². The number of anilines is 1. The van der Waals surface area contributed by atoms with E-state index in [1.54, 1.807) is 0 Å². The van der Waals surface area contributed by atoms with E-state index >= 15 is 0 Å². The van der Waals surface area contributed by atoms with Crippen molar-refractivity contribution in [1.82, 2.24) is 0 Å². The van der Waals surface area contributed by atoms with Crippen molar-refractivity contribution in [2.24, 2.45) is 5.73 Å². The summed E-state index contributed by atoms with van der Waals surface area (Å²) >= 11 is 8.24. The molecule has 0 aliphatic heterocycles. The van der Waals surface area contributed by atoms with Crippen LogP contribution < -0.4 is 10.6 Å². The largest absolute Gasteiger partial charge is 0.371 e. The first-order valence-corrected chi connectivity index (χ1v) is 8.52. The van der Waals surface area contributed by atoms with Gasteiger partial charge >= 0.3 is 0 Å². The van der Waals surface area contributed by atoms with Gasteiger partial charge in [0.2, 0.25) is 0 Å². The Bertz CT molecular complexity index is 396. The van der Waals surface area contributed by atoms with Gasteiger partial charge < -0.3 is 10.6 Å². The molecule has 0 aromatic heterocycles. The molecule has 4 heteroatoms. The van der Waals surface area contributed by atoms with Crippen LogP contribution in [0.4, 0.5) is 5.69 Å². The van der Waals surface area contributed by atoms with Crippen LogP contribution in [0, 0.1) is 0 Å². The van der Waals surface area contributed by atoms with Gasteiger partial charge in [-0.1, -0.05) is 24.6 Å². The number of nitrogens with zero attached hydrogens (tertiary/aromatic N) is 1. The molecule has 1 aromatic carbocycles. The molecule has 1 rings (SSSR count). The third-order valence-corrected chi connectivity index (χ3v) is 4.43. The van der Waals surface area contributed by atoms with Gasteiger partial charge in [-0.15, -0.1) is 0 Å². The number of nitrogens with two attached hydrogens (primary N) is 1. The summed E-state index contributed by atoms with van der Waals surface area (Å²) in [7, 11) is 2.14. The molecule has 1 aromatic rings. The second-order valence-electron chi connectivity index (χ2n) is 5.09. The van der Waals surface area contributed by atoms with E-state index in [1.807, 2.05) is 18.7 Å². The third kappa shape index (κ3) is 4.90. The SMILES string of the molecule is CCC(CSC)N(C)c1ccc(CC(C)N)c(Cl)c1. The Morgan fingerprint density at radius 1 is 1.42 bits per heavy atom. The van der Waals surface area contributed by atoms with Crippen molar-refractivity contribution in [3.05, 3.63) is 28.8 Å². The minimum absolute atomic E-state index is 0.140. The molecule has 108 valence electrons. The Balaban J connectivity index is 2.87. The molecule has 0 aliphatic carbocycles. The van der Waals surface area contributed by atoms with E-state index in [9.17, 15) is 0 Å². The summed E-state index contributed by atoms with van der Waals surface area (Å²) in [4.78, 5) is 2.32. The van der Waals surface area contributed by atoms with Crippen LogP contribution in [0.5, 0.6) is 0 Å². The van der Waals surface area contributed by atoms with Crippen LogP contribution >= 0.6 is 23.4 Å². The van der Waals surface area contributed by atoms with E-state index < -0.39 is 0 Å². The van der Waals surface area contributed by atoms with Crippen LogP contribution in [0.2, 0.25) is 5.02 Å². The minimum atomic E-state index is 0.140. The maximum atomic E-state index is 6.36. The van der Waals surface area contributed by atoms with Crippen molar-refractivity contribution in [3.63, 3.8) is 0 Å². The maximum Gasteiger partial charge on any atom is 0.0459 e. The lowest BCUT2D eigenvalue weighted by Crippen LogP contribution is -2.33. The number of hydrogen-bond donors (Lipinski definition) is 1. The van der Waals surface area contributed by atoms with Gasteiger partial charge in [0.05, 0.1) is 0 Å². The summed E-state index contributed by atoms with van der Waals surface area (Å²) in [6.45, 7) is 4.23. The van der Waals surface area contributed by atoms with Crippen LogP contribution in [0.3, 0.4) is 0 Å². The van der Waals surface area contributed by atoms with E-state index in [2.05, 4.69) is 43.3 Å². The number of thioether (sulfide) groups is 1. The molecule has 0 aliphatic rings. The highest BCUT2D eigenvalue weighted by molar-refractivity contribution is 7.98. The zero-order valence-electron chi connectivity index (χ0n) is 12.3. The lowest BCUT2D eigenvalue weighted by molar-refractivity contribution is 0.673. The molecule has 2 N–H and O–H groups in total. The second kappa shape index (κ2) is 8.03. The molecule has 0 spiro atoms. The zero-order chi connectivity index (χ0) is 14.4. The summed E-state index contributed by atoms with van der Waals surface area (Å²) in [5.41, 5.74) is 8.14. The van der Waals surface area contributed by atoms with Gasteiger partial charge in [-0.3, -0.25) is 0 Å². The van der Waals surface area contributed by atoms with Crippen molar-refractivity contribution in [3.8, 4) is 0 Å². The molecule has 0 heterocycles. The van der Waals surface area contributed by atoms with E-state index in [0.717, 1.165) is 29.2 Å². The van der Waals surface area contributed by atoms with E-state index in [-0.39, 0.29) is 6.04 Å². The average Bonchev–Trinajstić information content (AvgIpc) is 2.37. The lowest BCUT2D eigenvalue weighted by atomic mass is 10.1. The van der Waals surface area contributed by atoms with Crippen molar-refractivity contribution in [2.75, 3.05) is 24.0 Å². The molecule has 2 nitrogen and oxygen atoms in total. The summed E-state index contributed by atoms with van der Waals surface area (Å²) in [5.74, 6) is 1.13. The van der Waals surface area contributed by atoms with E-state index in [1.165, 1.54) is 5.69 Å². The highest BCUT2D eigenvalue weighted by Crippen LogP contribution is 2.26. The van der Waals surface area contributed by atoms with Gasteiger partial charge in [0, 0.05) is 35.6 Å². The van der Waals surface area contributed by atoms with E-state index in [0.29, 0.717) is 6.04 Å². The molecule has 0 radical (unpaired) electrons. The number of hydrogen-bond acceptors (Lipinski definition) is 3. The fraction of sp³-hybridized carbons (Fsp3) is 0.600. The van der Waals surface area contributed by atoms with Gasteiger partial charge in [-0.05, 0) is 43.7 Å². The average molecular weight is 301 g/mol. The van der Waals surface area contributed by atoms with Crippen LogP contribution in [0.15, 0.2) is 18.2 Å². The summed E-state index contributed by atoms with van der Waals surface area (Å²) in [6, 6.07) is 6.99. The van der Waals surface area contributed by atoms with Crippen molar-refractivity contribution >= 4 is 29.1 Å². The molecule has 0 amide bonds. The third-order valence-electron chi connectivity index (χ3n) is 3.36. The predicted molar refractivity (Wildman–Crippen MR) is 89.7 cm³/mol. The smallest absolute Gasteiger partial charge is 0.0459 e. The molecule has 19 heavy (non-hydrogen) atoms.